The van der Waals surface area contributed by atoms with E-state index in [1.165, 1.54) is 0 Å². The molecule has 0 amide bonds. The van der Waals surface area contributed by atoms with Crippen molar-refractivity contribution in [2.75, 3.05) is 19.0 Å². The topological polar surface area (TPSA) is 40.9 Å². The molecule has 2 rings (SSSR count). The van der Waals surface area contributed by atoms with Gasteiger partial charge in [0.15, 0.2) is 5.82 Å². The van der Waals surface area contributed by atoms with Gasteiger partial charge in [-0.1, -0.05) is 6.07 Å². The van der Waals surface area contributed by atoms with Crippen molar-refractivity contribution >= 4 is 51.2 Å². The van der Waals surface area contributed by atoms with Crippen molar-refractivity contribution in [2.45, 2.75) is 0 Å². The molecule has 1 aromatic heterocycles. The second-order valence-electron chi connectivity index (χ2n) is 3.80. The van der Waals surface area contributed by atoms with E-state index in [0.29, 0.717) is 5.82 Å². The average Bonchev–Trinajstić information content (AvgIpc) is 2.38. The SMILES string of the molecule is Br.Br.CN(C)c1ccc(N=Nc2ccccn2)cc1. The monoisotopic (exact) mass is 386 g/mol. The lowest BCUT2D eigenvalue weighted by Crippen LogP contribution is -2.07. The summed E-state index contributed by atoms with van der Waals surface area (Å²) >= 11 is 0. The lowest BCUT2D eigenvalue weighted by atomic mass is 10.3. The Morgan fingerprint density at radius 3 is 2.11 bits per heavy atom. The molecule has 0 unspecified atom stereocenters. The number of rotatable bonds is 3. The summed E-state index contributed by atoms with van der Waals surface area (Å²) < 4.78 is 0. The van der Waals surface area contributed by atoms with Gasteiger partial charge in [-0.2, -0.15) is 0 Å². The summed E-state index contributed by atoms with van der Waals surface area (Å²) in [6.45, 7) is 0. The third kappa shape index (κ3) is 5.48. The first-order valence-electron chi connectivity index (χ1n) is 5.36. The number of aromatic nitrogens is 1. The van der Waals surface area contributed by atoms with Crippen LogP contribution in [0.15, 0.2) is 58.9 Å². The predicted octanol–water partition coefficient (Wildman–Crippen LogP) is 4.72. The van der Waals surface area contributed by atoms with Gasteiger partial charge >= 0.3 is 0 Å². The van der Waals surface area contributed by atoms with E-state index in [9.17, 15) is 0 Å². The van der Waals surface area contributed by atoms with E-state index in [2.05, 4.69) is 15.2 Å². The Hall–Kier alpha value is -1.27. The molecule has 1 aromatic carbocycles. The highest BCUT2D eigenvalue weighted by Crippen LogP contribution is 2.19. The largest absolute Gasteiger partial charge is 0.378 e. The summed E-state index contributed by atoms with van der Waals surface area (Å²) in [5, 5.41) is 8.17. The fourth-order valence-corrected chi connectivity index (χ4v) is 1.34. The van der Waals surface area contributed by atoms with Gasteiger partial charge < -0.3 is 4.90 Å². The van der Waals surface area contributed by atoms with Gasteiger partial charge in [0, 0.05) is 26.0 Å². The molecule has 0 spiro atoms. The highest BCUT2D eigenvalue weighted by Gasteiger charge is 1.95. The highest BCUT2D eigenvalue weighted by molar-refractivity contribution is 8.93. The van der Waals surface area contributed by atoms with E-state index < -0.39 is 0 Å². The third-order valence-electron chi connectivity index (χ3n) is 2.28. The van der Waals surface area contributed by atoms with Crippen LogP contribution in [0.1, 0.15) is 0 Å². The molecular weight excluding hydrogens is 372 g/mol. The first-order chi connectivity index (χ1) is 8.25. The van der Waals surface area contributed by atoms with Gasteiger partial charge in [0.05, 0.1) is 5.69 Å². The van der Waals surface area contributed by atoms with E-state index in [1.54, 1.807) is 6.20 Å². The van der Waals surface area contributed by atoms with Crippen LogP contribution < -0.4 is 4.90 Å². The molecule has 4 nitrogen and oxygen atoms in total. The van der Waals surface area contributed by atoms with Crippen molar-refractivity contribution in [3.63, 3.8) is 0 Å². The normalized spacial score (nSPS) is 9.58. The minimum Gasteiger partial charge on any atom is -0.378 e. The van der Waals surface area contributed by atoms with Crippen LogP contribution in [0.3, 0.4) is 0 Å². The number of hydrogen-bond acceptors (Lipinski definition) is 4. The van der Waals surface area contributed by atoms with Gasteiger partial charge in [0.25, 0.3) is 0 Å². The first-order valence-corrected chi connectivity index (χ1v) is 5.36. The maximum Gasteiger partial charge on any atom is 0.174 e. The van der Waals surface area contributed by atoms with Crippen molar-refractivity contribution in [1.29, 1.82) is 0 Å². The summed E-state index contributed by atoms with van der Waals surface area (Å²) in [6.07, 6.45) is 1.70. The van der Waals surface area contributed by atoms with Gasteiger partial charge in [0.1, 0.15) is 0 Å². The Kier molecular flexibility index (Phi) is 8.18. The van der Waals surface area contributed by atoms with Crippen molar-refractivity contribution in [1.82, 2.24) is 4.98 Å². The van der Waals surface area contributed by atoms with Crippen LogP contribution in [0.2, 0.25) is 0 Å². The molecule has 0 aliphatic carbocycles. The standard InChI is InChI=1S/C13H14N4.2BrH/c1-17(2)12-8-6-11(7-9-12)15-16-13-5-3-4-10-14-13;;/h3-10H,1-2H3;2*1H. The first kappa shape index (κ1) is 17.7. The lowest BCUT2D eigenvalue weighted by molar-refractivity contribution is 1.12. The van der Waals surface area contributed by atoms with Gasteiger partial charge in [0.2, 0.25) is 0 Å². The Labute approximate surface area is 134 Å². The number of hydrogen-bond donors (Lipinski definition) is 0. The van der Waals surface area contributed by atoms with Crippen molar-refractivity contribution in [3.05, 3.63) is 48.7 Å². The molecular formula is C13H16Br2N4. The summed E-state index contributed by atoms with van der Waals surface area (Å²) in [6, 6.07) is 13.4. The summed E-state index contributed by atoms with van der Waals surface area (Å²) in [5.41, 5.74) is 1.96. The molecule has 0 N–H and O–H groups in total. The molecule has 0 fully saturated rings. The Morgan fingerprint density at radius 1 is 0.895 bits per heavy atom. The zero-order valence-corrected chi connectivity index (χ0v) is 14.2. The van der Waals surface area contributed by atoms with Gasteiger partial charge in [-0.25, -0.2) is 4.98 Å². The van der Waals surface area contributed by atoms with Gasteiger partial charge in [-0.05, 0) is 36.4 Å². The minimum atomic E-state index is 0. The van der Waals surface area contributed by atoms with E-state index in [0.717, 1.165) is 11.4 Å². The van der Waals surface area contributed by atoms with E-state index in [4.69, 9.17) is 0 Å². The Balaban J connectivity index is 0.00000162. The molecule has 0 aliphatic heterocycles. The molecule has 1 heterocycles. The number of pyridine rings is 1. The van der Waals surface area contributed by atoms with Crippen LogP contribution in [0.5, 0.6) is 0 Å². The van der Waals surface area contributed by atoms with Gasteiger partial charge in [-0.15, -0.1) is 44.2 Å². The second-order valence-corrected chi connectivity index (χ2v) is 3.80. The maximum absolute atomic E-state index is 4.12. The number of azo groups is 1. The molecule has 0 radical (unpaired) electrons. The molecule has 0 saturated heterocycles. The summed E-state index contributed by atoms with van der Waals surface area (Å²) in [5.74, 6) is 0.615. The van der Waals surface area contributed by atoms with E-state index in [-0.39, 0.29) is 34.0 Å². The van der Waals surface area contributed by atoms with E-state index >= 15 is 0 Å². The molecule has 102 valence electrons. The lowest BCUT2D eigenvalue weighted by Gasteiger charge is -2.11. The highest BCUT2D eigenvalue weighted by atomic mass is 79.9. The van der Waals surface area contributed by atoms with Gasteiger partial charge in [-0.3, -0.25) is 0 Å². The zero-order chi connectivity index (χ0) is 12.1. The van der Waals surface area contributed by atoms with Crippen LogP contribution in [0, 0.1) is 0 Å². The summed E-state index contributed by atoms with van der Waals surface area (Å²) in [7, 11) is 4.01. The number of anilines is 1. The van der Waals surface area contributed by atoms with Crippen LogP contribution in [-0.2, 0) is 0 Å². The van der Waals surface area contributed by atoms with Crippen molar-refractivity contribution in [3.8, 4) is 0 Å². The fraction of sp³-hybridized carbons (Fsp3) is 0.154. The molecule has 2 aromatic rings. The Bertz CT molecular complexity index is 498. The molecule has 0 atom stereocenters. The molecule has 0 bridgehead atoms. The zero-order valence-electron chi connectivity index (χ0n) is 10.7. The molecule has 6 heteroatoms. The maximum atomic E-state index is 4.12. The fourth-order valence-electron chi connectivity index (χ4n) is 1.34. The van der Waals surface area contributed by atoms with Crippen molar-refractivity contribution < 1.29 is 0 Å². The van der Waals surface area contributed by atoms with E-state index in [1.807, 2.05) is 61.5 Å². The molecule has 0 saturated carbocycles. The number of nitrogens with zero attached hydrogens (tertiary/aromatic N) is 4. The summed E-state index contributed by atoms with van der Waals surface area (Å²) in [4.78, 5) is 6.11. The quantitative estimate of drug-likeness (QED) is 0.715. The van der Waals surface area contributed by atoms with Crippen LogP contribution in [-0.4, -0.2) is 19.1 Å². The molecule has 19 heavy (non-hydrogen) atoms. The smallest absolute Gasteiger partial charge is 0.174 e. The minimum absolute atomic E-state index is 0. The van der Waals surface area contributed by atoms with Crippen LogP contribution in [0.4, 0.5) is 17.2 Å². The second kappa shape index (κ2) is 8.77. The van der Waals surface area contributed by atoms with Crippen LogP contribution >= 0.6 is 34.0 Å². The van der Waals surface area contributed by atoms with Crippen LogP contribution in [0.25, 0.3) is 0 Å². The van der Waals surface area contributed by atoms with Crippen molar-refractivity contribution in [2.24, 2.45) is 10.2 Å². The molecule has 0 aliphatic rings. The average molecular weight is 388 g/mol. The third-order valence-corrected chi connectivity index (χ3v) is 2.28. The predicted molar refractivity (Wildman–Crippen MR) is 89.8 cm³/mol. The number of halogens is 2. The number of benzene rings is 1. The Morgan fingerprint density at radius 2 is 1.58 bits per heavy atom.